The third-order valence-corrected chi connectivity index (χ3v) is 7.12. The maximum Gasteiger partial charge on any atom is 0.418 e. The van der Waals surface area contributed by atoms with Crippen LogP contribution in [-0.2, 0) is 25.4 Å². The van der Waals surface area contributed by atoms with E-state index in [0.29, 0.717) is 18.3 Å². The van der Waals surface area contributed by atoms with E-state index in [4.69, 9.17) is 14.2 Å². The van der Waals surface area contributed by atoms with E-state index in [1.165, 1.54) is 19.6 Å². The third-order valence-electron chi connectivity index (χ3n) is 7.12. The minimum absolute atomic E-state index is 0.0295. The number of carbonyl (C=O) groups excluding carboxylic acids is 2. The zero-order valence-electron chi connectivity index (χ0n) is 17.7. The molecule has 1 aromatic carbocycles. The summed E-state index contributed by atoms with van der Waals surface area (Å²) in [7, 11) is 1.44. The van der Waals surface area contributed by atoms with Crippen molar-refractivity contribution in [3.05, 3.63) is 35.5 Å². The molecule has 4 heterocycles. The number of nitrogens with zero attached hydrogens (tertiary/aromatic N) is 2. The summed E-state index contributed by atoms with van der Waals surface area (Å²) in [4.78, 5) is 26.7. The Balaban J connectivity index is 1.54. The quantitative estimate of drug-likeness (QED) is 0.668. The molecule has 3 aliphatic rings. The normalized spacial score (nSPS) is 30.8. The standard InChI is InChI=1S/C23H28N2O5/c1-13-18-12-24-9-8-17-16-6-4-5-7-19(16)25(23(27)28-3)22(17)20(24)10-15(18)11-21(29-13)30-14(2)26/h4-7,13,15,18,20-21H,8-12H2,1-3H3. The minimum Gasteiger partial charge on any atom is -0.452 e. The van der Waals surface area contributed by atoms with Crippen molar-refractivity contribution >= 4 is 23.0 Å². The van der Waals surface area contributed by atoms with E-state index in [1.54, 1.807) is 4.57 Å². The molecule has 0 aliphatic carbocycles. The number of esters is 1. The van der Waals surface area contributed by atoms with Crippen LogP contribution >= 0.6 is 0 Å². The first-order valence-corrected chi connectivity index (χ1v) is 10.7. The lowest BCUT2D eigenvalue weighted by Gasteiger charge is -2.51. The van der Waals surface area contributed by atoms with Crippen molar-refractivity contribution in [2.24, 2.45) is 11.8 Å². The summed E-state index contributed by atoms with van der Waals surface area (Å²) in [5.74, 6) is 0.453. The average Bonchev–Trinajstić information content (AvgIpc) is 3.06. The predicted octanol–water partition coefficient (Wildman–Crippen LogP) is 3.49. The van der Waals surface area contributed by atoms with E-state index in [2.05, 4.69) is 17.9 Å². The Morgan fingerprint density at radius 1 is 1.20 bits per heavy atom. The van der Waals surface area contributed by atoms with Crippen molar-refractivity contribution in [3.8, 4) is 0 Å². The topological polar surface area (TPSA) is 70.0 Å². The van der Waals surface area contributed by atoms with Crippen LogP contribution in [0.5, 0.6) is 0 Å². The number of fused-ring (bicyclic) bond motifs is 6. The van der Waals surface area contributed by atoms with Crippen LogP contribution in [0.2, 0.25) is 0 Å². The summed E-state index contributed by atoms with van der Waals surface area (Å²) in [5.41, 5.74) is 3.24. The van der Waals surface area contributed by atoms with Crippen molar-refractivity contribution in [2.45, 2.75) is 51.5 Å². The molecule has 5 unspecified atom stereocenters. The van der Waals surface area contributed by atoms with Crippen LogP contribution in [0.25, 0.3) is 10.9 Å². The Labute approximate surface area is 175 Å². The van der Waals surface area contributed by atoms with Crippen LogP contribution in [0.4, 0.5) is 4.79 Å². The summed E-state index contributed by atoms with van der Waals surface area (Å²) in [6.07, 6.45) is 1.73. The van der Waals surface area contributed by atoms with E-state index in [1.807, 2.05) is 18.2 Å². The van der Waals surface area contributed by atoms with Gasteiger partial charge in [0.15, 0.2) is 0 Å². The predicted molar refractivity (Wildman–Crippen MR) is 110 cm³/mol. The molecule has 2 fully saturated rings. The molecular weight excluding hydrogens is 384 g/mol. The van der Waals surface area contributed by atoms with Gasteiger partial charge in [0.2, 0.25) is 6.29 Å². The number of aromatic nitrogens is 1. The molecule has 5 rings (SSSR count). The van der Waals surface area contributed by atoms with Crippen LogP contribution in [-0.4, -0.2) is 54.1 Å². The summed E-state index contributed by atoms with van der Waals surface area (Å²) >= 11 is 0. The maximum atomic E-state index is 12.8. The average molecular weight is 412 g/mol. The van der Waals surface area contributed by atoms with Crippen molar-refractivity contribution < 1.29 is 23.8 Å². The van der Waals surface area contributed by atoms with Crippen molar-refractivity contribution in [1.29, 1.82) is 0 Å². The molecule has 0 bridgehead atoms. The molecule has 7 heteroatoms. The molecule has 7 nitrogen and oxygen atoms in total. The van der Waals surface area contributed by atoms with E-state index < -0.39 is 6.29 Å². The largest absolute Gasteiger partial charge is 0.452 e. The van der Waals surface area contributed by atoms with Crippen LogP contribution in [0.1, 0.15) is 44.0 Å². The van der Waals surface area contributed by atoms with Crippen molar-refractivity contribution in [3.63, 3.8) is 0 Å². The molecule has 30 heavy (non-hydrogen) atoms. The van der Waals surface area contributed by atoms with E-state index in [-0.39, 0.29) is 24.2 Å². The number of carbonyl (C=O) groups is 2. The maximum absolute atomic E-state index is 12.8. The zero-order valence-corrected chi connectivity index (χ0v) is 17.7. The molecule has 0 amide bonds. The van der Waals surface area contributed by atoms with Gasteiger partial charge in [0, 0.05) is 37.7 Å². The minimum atomic E-state index is -0.486. The molecule has 1 aromatic heterocycles. The van der Waals surface area contributed by atoms with Gasteiger partial charge in [0.25, 0.3) is 0 Å². The van der Waals surface area contributed by atoms with Gasteiger partial charge in [0.05, 0.1) is 30.5 Å². The van der Waals surface area contributed by atoms with Gasteiger partial charge in [-0.2, -0.15) is 0 Å². The fourth-order valence-corrected chi connectivity index (χ4v) is 5.88. The number of hydrogen-bond acceptors (Lipinski definition) is 6. The first-order valence-electron chi connectivity index (χ1n) is 10.7. The van der Waals surface area contributed by atoms with Crippen LogP contribution in [0.15, 0.2) is 24.3 Å². The fraction of sp³-hybridized carbons (Fsp3) is 0.565. The molecule has 2 saturated heterocycles. The van der Waals surface area contributed by atoms with E-state index >= 15 is 0 Å². The van der Waals surface area contributed by atoms with E-state index in [0.717, 1.165) is 42.5 Å². The van der Waals surface area contributed by atoms with Gasteiger partial charge in [-0.05, 0) is 37.3 Å². The number of ether oxygens (including phenoxy) is 3. The third kappa shape index (κ3) is 3.03. The number of rotatable bonds is 1. The molecule has 2 aromatic rings. The second-order valence-electron chi connectivity index (χ2n) is 8.72. The number of benzene rings is 1. The number of methoxy groups -OCH3 is 1. The molecule has 5 atom stereocenters. The summed E-state index contributed by atoms with van der Waals surface area (Å²) < 4.78 is 18.3. The molecule has 0 radical (unpaired) electrons. The molecule has 0 spiro atoms. The molecule has 0 N–H and O–H groups in total. The smallest absolute Gasteiger partial charge is 0.418 e. The van der Waals surface area contributed by atoms with Crippen molar-refractivity contribution in [1.82, 2.24) is 9.47 Å². The summed E-state index contributed by atoms with van der Waals surface area (Å²) in [6, 6.07) is 8.23. The Bertz CT molecular complexity index is 999. The fourth-order valence-electron chi connectivity index (χ4n) is 5.88. The molecule has 160 valence electrons. The first-order chi connectivity index (χ1) is 14.5. The lowest BCUT2D eigenvalue weighted by atomic mass is 9.73. The first kappa shape index (κ1) is 19.6. The summed E-state index contributed by atoms with van der Waals surface area (Å²) in [6.45, 7) is 5.39. The van der Waals surface area contributed by atoms with Gasteiger partial charge in [-0.15, -0.1) is 0 Å². The zero-order chi connectivity index (χ0) is 21.0. The van der Waals surface area contributed by atoms with Gasteiger partial charge >= 0.3 is 12.1 Å². The second kappa shape index (κ2) is 7.39. The summed E-state index contributed by atoms with van der Waals surface area (Å²) in [5, 5.41) is 1.14. The highest BCUT2D eigenvalue weighted by molar-refractivity contribution is 5.94. The van der Waals surface area contributed by atoms with Crippen LogP contribution in [0.3, 0.4) is 0 Å². The SMILES string of the molecule is COC(=O)n1c2c(c3ccccc31)CCN1CC3C(CC(OC(C)=O)OC3C)CC21. The second-order valence-corrected chi connectivity index (χ2v) is 8.72. The molecule has 3 aliphatic heterocycles. The van der Waals surface area contributed by atoms with Gasteiger partial charge in [-0.25, -0.2) is 9.36 Å². The highest BCUT2D eigenvalue weighted by Gasteiger charge is 2.47. The van der Waals surface area contributed by atoms with Crippen LogP contribution < -0.4 is 0 Å². The molecular formula is C23H28N2O5. The Morgan fingerprint density at radius 2 is 2.00 bits per heavy atom. The van der Waals surface area contributed by atoms with Crippen LogP contribution in [0, 0.1) is 11.8 Å². The van der Waals surface area contributed by atoms with Gasteiger partial charge < -0.3 is 14.2 Å². The number of hydrogen-bond donors (Lipinski definition) is 0. The van der Waals surface area contributed by atoms with Crippen molar-refractivity contribution in [2.75, 3.05) is 20.2 Å². The van der Waals surface area contributed by atoms with Gasteiger partial charge in [-0.3, -0.25) is 9.69 Å². The number of para-hydroxylation sites is 1. The highest BCUT2D eigenvalue weighted by atomic mass is 16.7. The Morgan fingerprint density at radius 3 is 2.77 bits per heavy atom. The number of piperidine rings is 1. The highest BCUT2D eigenvalue weighted by Crippen LogP contribution is 2.48. The lowest BCUT2D eigenvalue weighted by molar-refractivity contribution is -0.228. The molecule has 0 saturated carbocycles. The van der Waals surface area contributed by atoms with Gasteiger partial charge in [-0.1, -0.05) is 18.2 Å². The Hall–Kier alpha value is -2.38. The van der Waals surface area contributed by atoms with E-state index in [9.17, 15) is 9.59 Å². The van der Waals surface area contributed by atoms with Gasteiger partial charge in [0.1, 0.15) is 0 Å². The Kier molecular flexibility index (Phi) is 4.82. The monoisotopic (exact) mass is 412 g/mol. The lowest BCUT2D eigenvalue weighted by Crippen LogP contribution is -2.53.